The third-order valence-electron chi connectivity index (χ3n) is 11.2. The number of hydrogen-bond donors (Lipinski definition) is 1. The van der Waals surface area contributed by atoms with Crippen molar-refractivity contribution in [1.29, 1.82) is 0 Å². The zero-order chi connectivity index (χ0) is 46.7. The van der Waals surface area contributed by atoms with Gasteiger partial charge in [-0.05, 0) is 42.6 Å². The number of carbonyl (C=O) groups is 7. The van der Waals surface area contributed by atoms with Gasteiger partial charge in [-0.25, -0.2) is 4.98 Å². The quantitative estimate of drug-likeness (QED) is 0.0961. The highest BCUT2D eigenvalue weighted by Gasteiger charge is 2.39. The molecule has 3 rings (SSSR count). The monoisotopic (exact) mass is 879 g/mol. The Balaban J connectivity index is 0.00000428. The van der Waals surface area contributed by atoms with Crippen LogP contribution in [0.5, 0.6) is 0 Å². The summed E-state index contributed by atoms with van der Waals surface area (Å²) in [6.07, 6.45) is 5.28. The van der Waals surface area contributed by atoms with E-state index in [0.29, 0.717) is 17.8 Å². The lowest BCUT2D eigenvalue weighted by molar-refractivity contribution is -0.192. The fraction of sp³-hybridized carbons (Fsp3) is 0.587. The molecule has 0 aliphatic carbocycles. The van der Waals surface area contributed by atoms with E-state index in [2.05, 4.69) is 17.2 Å². The van der Waals surface area contributed by atoms with Gasteiger partial charge >= 0.3 is 12.1 Å². The summed E-state index contributed by atoms with van der Waals surface area (Å²) in [5.41, 5.74) is 1.35. The van der Waals surface area contributed by atoms with Gasteiger partial charge in [-0.15, -0.1) is 11.3 Å². The molecule has 1 aromatic carbocycles. The molecule has 2 heterocycles. The van der Waals surface area contributed by atoms with E-state index in [-0.39, 0.29) is 91.4 Å². The number of nitrogens with zero attached hydrogens (tertiary/aromatic N) is 4. The van der Waals surface area contributed by atoms with Crippen LogP contribution in [0.25, 0.3) is 0 Å². The lowest BCUT2D eigenvalue weighted by Crippen LogP contribution is -2.49. The first kappa shape index (κ1) is 52.8. The number of likely N-dealkylation sites (N-methyl/N-ethyl adjacent to an activating group) is 1. The fourth-order valence-corrected chi connectivity index (χ4v) is 8.59. The Morgan fingerprint density at radius 1 is 0.919 bits per heavy atom. The lowest BCUT2D eigenvalue weighted by atomic mass is 9.82. The first-order valence-corrected chi connectivity index (χ1v) is 22.2. The molecule has 62 heavy (non-hydrogen) atoms. The number of amides is 5. The van der Waals surface area contributed by atoms with Gasteiger partial charge in [0.25, 0.3) is 17.7 Å². The van der Waals surface area contributed by atoms with E-state index >= 15 is 0 Å². The standard InChI is InChI=1S/C45H65N5O8S.CO2/c1-11-17-33(24-32-18-14-13-15-19-32)46-43(56)35-27-59-44(47-35)38(58-31(8)51)26-36(28(3)4)48(9)45(57)34(30(7)12-2)25-37(52)42(29(5)6)49(10)39(53)20-16-23-50-40(54)21-22-41(50)55;2-1-3/h13-15,18-19,21-22,27-30,33-34,36,38,42H,11-12,16-17,20,23-26H2,1-10H3,(H,46,56);/t30-,33+,34-,36+,38+,42-;/m0./s1. The van der Waals surface area contributed by atoms with E-state index in [1.54, 1.807) is 24.4 Å². The molecule has 0 bridgehead atoms. The predicted octanol–water partition coefficient (Wildman–Crippen LogP) is 5.99. The maximum atomic E-state index is 14.5. The van der Waals surface area contributed by atoms with Gasteiger partial charge in [0.05, 0.1) is 6.04 Å². The molecule has 0 unspecified atom stereocenters. The molecule has 340 valence electrons. The predicted molar refractivity (Wildman–Crippen MR) is 233 cm³/mol. The maximum absolute atomic E-state index is 14.5. The molecule has 0 saturated carbocycles. The summed E-state index contributed by atoms with van der Waals surface area (Å²) in [5, 5.41) is 5.24. The third-order valence-corrected chi connectivity index (χ3v) is 12.2. The molecule has 16 heteroatoms. The van der Waals surface area contributed by atoms with Gasteiger partial charge in [-0.3, -0.25) is 38.5 Å². The van der Waals surface area contributed by atoms with Gasteiger partial charge in [0.1, 0.15) is 10.7 Å². The number of nitrogens with one attached hydrogen (secondary N) is 1. The second-order valence-electron chi connectivity index (χ2n) is 16.5. The van der Waals surface area contributed by atoms with E-state index in [1.807, 2.05) is 71.9 Å². The zero-order valence-corrected chi connectivity index (χ0v) is 38.7. The number of rotatable bonds is 24. The number of aromatic nitrogens is 1. The van der Waals surface area contributed by atoms with E-state index in [0.717, 1.165) is 23.3 Å². The molecule has 1 N–H and O–H groups in total. The largest absolute Gasteiger partial charge is 0.455 e. The number of ketones is 1. The average molecular weight is 880 g/mol. The molecular formula is C46H65N5O10S. The first-order valence-electron chi connectivity index (χ1n) is 21.4. The summed E-state index contributed by atoms with van der Waals surface area (Å²) in [7, 11) is 3.29. The number of esters is 1. The van der Waals surface area contributed by atoms with Crippen molar-refractivity contribution >= 4 is 58.8 Å². The average Bonchev–Trinajstić information content (AvgIpc) is 3.84. The van der Waals surface area contributed by atoms with Gasteiger partial charge in [0.2, 0.25) is 11.8 Å². The Labute approximate surface area is 370 Å². The molecule has 0 radical (unpaired) electrons. The van der Waals surface area contributed by atoms with Gasteiger partial charge in [0, 0.05) is 82.4 Å². The lowest BCUT2D eigenvalue weighted by Gasteiger charge is -2.37. The smallest absolute Gasteiger partial charge is 0.373 e. The molecular weight excluding hydrogens is 815 g/mol. The van der Waals surface area contributed by atoms with Crippen LogP contribution in [0.4, 0.5) is 0 Å². The Morgan fingerprint density at radius 3 is 2.06 bits per heavy atom. The van der Waals surface area contributed by atoms with Crippen LogP contribution in [0.1, 0.15) is 127 Å². The molecule has 5 amide bonds. The summed E-state index contributed by atoms with van der Waals surface area (Å²) in [6.45, 7) is 15.1. The highest BCUT2D eigenvalue weighted by Crippen LogP contribution is 2.33. The van der Waals surface area contributed by atoms with Crippen LogP contribution in [0.2, 0.25) is 0 Å². The molecule has 0 fully saturated rings. The van der Waals surface area contributed by atoms with Crippen LogP contribution in [0.3, 0.4) is 0 Å². The Hall–Kier alpha value is -5.34. The van der Waals surface area contributed by atoms with Crippen LogP contribution in [0.15, 0.2) is 47.9 Å². The second kappa shape index (κ2) is 26.2. The molecule has 0 saturated heterocycles. The van der Waals surface area contributed by atoms with Crippen molar-refractivity contribution < 1.29 is 47.9 Å². The van der Waals surface area contributed by atoms with E-state index in [1.165, 1.54) is 35.3 Å². The highest BCUT2D eigenvalue weighted by molar-refractivity contribution is 7.09. The summed E-state index contributed by atoms with van der Waals surface area (Å²) in [6, 6.07) is 8.68. The van der Waals surface area contributed by atoms with Gasteiger partial charge in [0.15, 0.2) is 11.9 Å². The van der Waals surface area contributed by atoms with Crippen molar-refractivity contribution in [1.82, 2.24) is 25.0 Å². The van der Waals surface area contributed by atoms with Crippen molar-refractivity contribution in [3.05, 3.63) is 64.1 Å². The van der Waals surface area contributed by atoms with Crippen molar-refractivity contribution in [2.24, 2.45) is 23.7 Å². The van der Waals surface area contributed by atoms with E-state index in [4.69, 9.17) is 14.3 Å². The summed E-state index contributed by atoms with van der Waals surface area (Å²) >= 11 is 1.23. The van der Waals surface area contributed by atoms with Crippen molar-refractivity contribution in [3.8, 4) is 0 Å². The number of thiazole rings is 1. The summed E-state index contributed by atoms with van der Waals surface area (Å²) in [4.78, 5) is 117. The summed E-state index contributed by atoms with van der Waals surface area (Å²) in [5.74, 6) is -3.57. The Bertz CT molecular complexity index is 1870. The molecule has 1 aliphatic heterocycles. The number of hydrogen-bond acceptors (Lipinski definition) is 12. The number of benzene rings is 1. The van der Waals surface area contributed by atoms with Crippen LogP contribution in [-0.2, 0) is 49.5 Å². The fourth-order valence-electron chi connectivity index (χ4n) is 7.75. The van der Waals surface area contributed by atoms with Crippen LogP contribution >= 0.6 is 11.3 Å². The minimum Gasteiger partial charge on any atom is -0.455 e. The van der Waals surface area contributed by atoms with Crippen molar-refractivity contribution in [3.63, 3.8) is 0 Å². The van der Waals surface area contributed by atoms with Crippen molar-refractivity contribution in [2.75, 3.05) is 20.6 Å². The Morgan fingerprint density at radius 2 is 1.53 bits per heavy atom. The van der Waals surface area contributed by atoms with Crippen molar-refractivity contribution in [2.45, 2.75) is 131 Å². The van der Waals surface area contributed by atoms with E-state index < -0.39 is 41.9 Å². The minimum atomic E-state index is -0.830. The van der Waals surface area contributed by atoms with Gasteiger partial charge in [-0.1, -0.05) is 91.6 Å². The normalized spacial score (nSPS) is 15.1. The van der Waals surface area contributed by atoms with Gasteiger partial charge < -0.3 is 19.9 Å². The Kier molecular flexibility index (Phi) is 22.3. The molecule has 6 atom stereocenters. The van der Waals surface area contributed by atoms with Crippen LogP contribution in [0, 0.1) is 23.7 Å². The molecule has 0 spiro atoms. The summed E-state index contributed by atoms with van der Waals surface area (Å²) < 4.78 is 5.81. The highest BCUT2D eigenvalue weighted by atomic mass is 32.1. The minimum absolute atomic E-state index is 0.0407. The third kappa shape index (κ3) is 15.8. The topological polar surface area (TPSA) is 197 Å². The maximum Gasteiger partial charge on any atom is 0.373 e. The number of Topliss-reactive ketones (excluding diaryl/α,β-unsaturated/α-hetero) is 1. The van der Waals surface area contributed by atoms with Crippen LogP contribution < -0.4 is 5.32 Å². The first-order chi connectivity index (χ1) is 29.3. The van der Waals surface area contributed by atoms with Crippen LogP contribution in [-0.4, -0.2) is 106 Å². The molecule has 1 aromatic heterocycles. The molecule has 2 aromatic rings. The molecule has 1 aliphatic rings. The number of carbonyl (C=O) groups excluding carboxylic acids is 9. The number of imide groups is 1. The number of ether oxygens (including phenoxy) is 1. The zero-order valence-electron chi connectivity index (χ0n) is 37.9. The van der Waals surface area contributed by atoms with Gasteiger partial charge in [-0.2, -0.15) is 9.59 Å². The SMILES string of the molecule is CCC[C@H](Cc1ccccc1)NC(=O)c1csc([C@@H](C[C@H](C(C)C)N(C)C(=O)[C@@H](CC(=O)[C@H](C(C)C)N(C)C(=O)CCCN2C(=O)C=CC2=O)[C@@H](C)CC)OC(C)=O)n1.O=C=O. The van der Waals surface area contributed by atoms with E-state index in [9.17, 15) is 33.6 Å². The molecule has 15 nitrogen and oxygen atoms in total. The second-order valence-corrected chi connectivity index (χ2v) is 17.4.